The predicted octanol–water partition coefficient (Wildman–Crippen LogP) is 1.57. The second-order valence-corrected chi connectivity index (χ2v) is 2.58. The Labute approximate surface area is 70.8 Å². The van der Waals surface area contributed by atoms with Gasteiger partial charge in [0.05, 0.1) is 12.1 Å². The third-order valence-electron chi connectivity index (χ3n) is 1.65. The zero-order valence-corrected chi connectivity index (χ0v) is 6.96. The topological polar surface area (TPSA) is 49.9 Å². The van der Waals surface area contributed by atoms with Gasteiger partial charge in [-0.3, -0.25) is 9.59 Å². The van der Waals surface area contributed by atoms with E-state index in [2.05, 4.69) is 4.98 Å². The van der Waals surface area contributed by atoms with E-state index in [-0.39, 0.29) is 18.0 Å². The normalized spacial score (nSPS) is 9.75. The fraction of sp³-hybridized carbons (Fsp3) is 0.333. The van der Waals surface area contributed by atoms with E-state index in [4.69, 9.17) is 0 Å². The SMILES string of the molecule is CCC(=O)CC(=O)c1ccc[nH]1. The Bertz CT molecular complexity index is 275. The van der Waals surface area contributed by atoms with E-state index in [0.717, 1.165) is 0 Å². The number of H-pyrrole nitrogens is 1. The summed E-state index contributed by atoms with van der Waals surface area (Å²) in [5.41, 5.74) is 0.511. The molecule has 0 atom stereocenters. The number of Topliss-reactive ketones (excluding diaryl/α,β-unsaturated/α-hetero) is 2. The molecule has 0 amide bonds. The molecule has 1 N–H and O–H groups in total. The molecule has 0 aliphatic heterocycles. The highest BCUT2D eigenvalue weighted by atomic mass is 16.1. The van der Waals surface area contributed by atoms with Crippen LogP contribution < -0.4 is 0 Å². The molecule has 0 aromatic carbocycles. The van der Waals surface area contributed by atoms with Crippen molar-refractivity contribution in [2.45, 2.75) is 19.8 Å². The van der Waals surface area contributed by atoms with E-state index < -0.39 is 0 Å². The van der Waals surface area contributed by atoms with Crippen molar-refractivity contribution < 1.29 is 9.59 Å². The minimum absolute atomic E-state index is 0.0109. The first-order valence-electron chi connectivity index (χ1n) is 3.92. The third-order valence-corrected chi connectivity index (χ3v) is 1.65. The Hall–Kier alpha value is -1.38. The van der Waals surface area contributed by atoms with Crippen molar-refractivity contribution >= 4 is 11.6 Å². The Morgan fingerprint density at radius 2 is 2.25 bits per heavy atom. The second kappa shape index (κ2) is 3.85. The van der Waals surface area contributed by atoms with Gasteiger partial charge >= 0.3 is 0 Å². The molecule has 0 bridgehead atoms. The van der Waals surface area contributed by atoms with Crippen molar-refractivity contribution in [2.75, 3.05) is 0 Å². The van der Waals surface area contributed by atoms with Crippen LogP contribution in [0, 0.1) is 0 Å². The van der Waals surface area contributed by atoms with Gasteiger partial charge in [0, 0.05) is 12.6 Å². The Morgan fingerprint density at radius 3 is 2.75 bits per heavy atom. The molecule has 1 aromatic heterocycles. The third kappa shape index (κ3) is 2.05. The van der Waals surface area contributed by atoms with E-state index in [1.165, 1.54) is 0 Å². The van der Waals surface area contributed by atoms with Gasteiger partial charge in [0.25, 0.3) is 0 Å². The Kier molecular flexibility index (Phi) is 2.80. The van der Waals surface area contributed by atoms with Crippen LogP contribution >= 0.6 is 0 Å². The first-order valence-corrected chi connectivity index (χ1v) is 3.92. The summed E-state index contributed by atoms with van der Waals surface area (Å²) in [7, 11) is 0. The molecular weight excluding hydrogens is 154 g/mol. The van der Waals surface area contributed by atoms with E-state index in [9.17, 15) is 9.59 Å². The van der Waals surface area contributed by atoms with E-state index in [1.54, 1.807) is 25.3 Å². The van der Waals surface area contributed by atoms with Crippen LogP contribution in [0.2, 0.25) is 0 Å². The predicted molar refractivity (Wildman–Crippen MR) is 45.0 cm³/mol. The monoisotopic (exact) mass is 165 g/mol. The molecule has 3 heteroatoms. The minimum Gasteiger partial charge on any atom is -0.359 e. The molecule has 0 aliphatic carbocycles. The van der Waals surface area contributed by atoms with Crippen LogP contribution in [0.3, 0.4) is 0 Å². The molecule has 3 nitrogen and oxygen atoms in total. The van der Waals surface area contributed by atoms with Gasteiger partial charge in [0.2, 0.25) is 0 Å². The molecule has 0 unspecified atom stereocenters. The smallest absolute Gasteiger partial charge is 0.186 e. The number of aromatic nitrogens is 1. The zero-order chi connectivity index (χ0) is 8.97. The van der Waals surface area contributed by atoms with Gasteiger partial charge < -0.3 is 4.98 Å². The standard InChI is InChI=1S/C9H11NO2/c1-2-7(11)6-9(12)8-4-3-5-10-8/h3-5,10H,2,6H2,1H3. The average Bonchev–Trinajstić information content (AvgIpc) is 2.56. The van der Waals surface area contributed by atoms with Gasteiger partial charge in [-0.05, 0) is 12.1 Å². The highest BCUT2D eigenvalue weighted by Crippen LogP contribution is 2.01. The minimum atomic E-state index is -0.133. The van der Waals surface area contributed by atoms with Crippen molar-refractivity contribution in [3.63, 3.8) is 0 Å². The second-order valence-electron chi connectivity index (χ2n) is 2.58. The molecule has 1 rings (SSSR count). The summed E-state index contributed by atoms with van der Waals surface area (Å²) in [6.07, 6.45) is 2.10. The molecule has 64 valence electrons. The van der Waals surface area contributed by atoms with Crippen molar-refractivity contribution in [1.82, 2.24) is 4.98 Å². The molecular formula is C9H11NO2. The van der Waals surface area contributed by atoms with Crippen LogP contribution in [-0.2, 0) is 4.79 Å². The van der Waals surface area contributed by atoms with Gasteiger partial charge in [-0.25, -0.2) is 0 Å². The first-order chi connectivity index (χ1) is 5.74. The quantitative estimate of drug-likeness (QED) is 0.543. The number of hydrogen-bond acceptors (Lipinski definition) is 2. The Morgan fingerprint density at radius 1 is 1.50 bits per heavy atom. The zero-order valence-electron chi connectivity index (χ0n) is 6.96. The average molecular weight is 165 g/mol. The number of rotatable bonds is 4. The molecule has 1 aromatic rings. The fourth-order valence-electron chi connectivity index (χ4n) is 0.903. The highest BCUT2D eigenvalue weighted by molar-refractivity contribution is 6.06. The molecule has 12 heavy (non-hydrogen) atoms. The Balaban J connectivity index is 2.56. The number of aromatic amines is 1. The molecule has 0 spiro atoms. The molecule has 0 saturated carbocycles. The maximum Gasteiger partial charge on any atom is 0.186 e. The lowest BCUT2D eigenvalue weighted by molar-refractivity contribution is -0.117. The van der Waals surface area contributed by atoms with Crippen LogP contribution in [0.25, 0.3) is 0 Å². The van der Waals surface area contributed by atoms with Crippen LogP contribution in [-0.4, -0.2) is 16.6 Å². The van der Waals surface area contributed by atoms with Gasteiger partial charge in [-0.2, -0.15) is 0 Å². The molecule has 1 heterocycles. The molecule has 0 saturated heterocycles. The summed E-state index contributed by atoms with van der Waals surface area (Å²) < 4.78 is 0. The van der Waals surface area contributed by atoms with Crippen molar-refractivity contribution in [2.24, 2.45) is 0 Å². The summed E-state index contributed by atoms with van der Waals surface area (Å²) in [6, 6.07) is 3.41. The summed E-state index contributed by atoms with van der Waals surface area (Å²) in [4.78, 5) is 24.9. The molecule has 0 fully saturated rings. The van der Waals surface area contributed by atoms with Crippen LogP contribution in [0.1, 0.15) is 30.3 Å². The maximum absolute atomic E-state index is 11.2. The van der Waals surface area contributed by atoms with Crippen molar-refractivity contribution in [3.05, 3.63) is 24.0 Å². The number of carbonyl (C=O) groups is 2. The maximum atomic E-state index is 11.2. The van der Waals surface area contributed by atoms with E-state index in [1.807, 2.05) is 0 Å². The van der Waals surface area contributed by atoms with Crippen molar-refractivity contribution in [3.8, 4) is 0 Å². The number of carbonyl (C=O) groups excluding carboxylic acids is 2. The first kappa shape index (κ1) is 8.71. The molecule has 0 radical (unpaired) electrons. The van der Waals surface area contributed by atoms with Gasteiger partial charge in [-0.1, -0.05) is 6.92 Å². The van der Waals surface area contributed by atoms with Crippen LogP contribution in [0.15, 0.2) is 18.3 Å². The van der Waals surface area contributed by atoms with E-state index in [0.29, 0.717) is 12.1 Å². The largest absolute Gasteiger partial charge is 0.359 e. The lowest BCUT2D eigenvalue weighted by Crippen LogP contribution is -2.06. The summed E-state index contributed by atoms with van der Waals surface area (Å²) in [5.74, 6) is -0.151. The highest BCUT2D eigenvalue weighted by Gasteiger charge is 2.09. The number of nitrogens with one attached hydrogen (secondary N) is 1. The van der Waals surface area contributed by atoms with Crippen molar-refractivity contribution in [1.29, 1.82) is 0 Å². The summed E-state index contributed by atoms with van der Waals surface area (Å²) in [5, 5.41) is 0. The number of ketones is 2. The lowest BCUT2D eigenvalue weighted by atomic mass is 10.1. The van der Waals surface area contributed by atoms with E-state index >= 15 is 0 Å². The summed E-state index contributed by atoms with van der Waals surface area (Å²) >= 11 is 0. The van der Waals surface area contributed by atoms with Crippen LogP contribution in [0.4, 0.5) is 0 Å². The molecule has 0 aliphatic rings. The van der Waals surface area contributed by atoms with Crippen LogP contribution in [0.5, 0.6) is 0 Å². The summed E-state index contributed by atoms with van der Waals surface area (Å²) in [6.45, 7) is 1.75. The van der Waals surface area contributed by atoms with Gasteiger partial charge in [-0.15, -0.1) is 0 Å². The van der Waals surface area contributed by atoms with Gasteiger partial charge in [0.15, 0.2) is 5.78 Å². The number of hydrogen-bond donors (Lipinski definition) is 1. The lowest BCUT2D eigenvalue weighted by Gasteiger charge is -1.94. The fourth-order valence-corrected chi connectivity index (χ4v) is 0.903. The van der Waals surface area contributed by atoms with Gasteiger partial charge in [0.1, 0.15) is 5.78 Å².